The second-order valence-electron chi connectivity index (χ2n) is 5.90. The fourth-order valence-electron chi connectivity index (χ4n) is 3.39. The van der Waals surface area contributed by atoms with E-state index in [0.29, 0.717) is 5.92 Å². The molecule has 0 radical (unpaired) electrons. The van der Waals surface area contributed by atoms with Crippen molar-refractivity contribution in [2.45, 2.75) is 76.4 Å². The highest BCUT2D eigenvalue weighted by molar-refractivity contribution is 4.93. The fraction of sp³-hybridized carbons (Fsp3) is 1.00. The van der Waals surface area contributed by atoms with Gasteiger partial charge in [-0.05, 0) is 44.9 Å². The summed E-state index contributed by atoms with van der Waals surface area (Å²) in [6.45, 7) is 3.15. The standard InChI is InChI=1S/C14H27NO/c1-14(10-6-7-11-16-14)13(15)12-8-4-2-3-5-9-12/h12-13H,2-11,15H2,1H3. The van der Waals surface area contributed by atoms with Gasteiger partial charge in [-0.15, -0.1) is 0 Å². The van der Waals surface area contributed by atoms with Gasteiger partial charge in [0.05, 0.1) is 5.60 Å². The zero-order valence-electron chi connectivity index (χ0n) is 10.7. The molecular formula is C14H27NO. The van der Waals surface area contributed by atoms with Gasteiger partial charge in [0.1, 0.15) is 0 Å². The third-order valence-corrected chi connectivity index (χ3v) is 4.61. The molecule has 0 aromatic carbocycles. The Hall–Kier alpha value is -0.0800. The number of ether oxygens (including phenoxy) is 1. The summed E-state index contributed by atoms with van der Waals surface area (Å²) in [4.78, 5) is 0. The Balaban J connectivity index is 1.95. The molecule has 2 heteroatoms. The van der Waals surface area contributed by atoms with Gasteiger partial charge in [0.15, 0.2) is 0 Å². The van der Waals surface area contributed by atoms with E-state index >= 15 is 0 Å². The van der Waals surface area contributed by atoms with Gasteiger partial charge in [-0.1, -0.05) is 25.7 Å². The first-order chi connectivity index (χ1) is 7.72. The molecule has 2 rings (SSSR count). The molecule has 94 valence electrons. The van der Waals surface area contributed by atoms with Crippen molar-refractivity contribution >= 4 is 0 Å². The summed E-state index contributed by atoms with van der Waals surface area (Å²) in [5.41, 5.74) is 6.47. The Labute approximate surface area is 99.9 Å². The van der Waals surface area contributed by atoms with Crippen LogP contribution in [0.1, 0.15) is 64.7 Å². The van der Waals surface area contributed by atoms with E-state index in [4.69, 9.17) is 10.5 Å². The van der Waals surface area contributed by atoms with Gasteiger partial charge in [0.2, 0.25) is 0 Å². The Morgan fingerprint density at radius 3 is 2.31 bits per heavy atom. The lowest BCUT2D eigenvalue weighted by atomic mass is 9.78. The molecule has 2 aliphatic rings. The number of hydrogen-bond donors (Lipinski definition) is 1. The topological polar surface area (TPSA) is 35.2 Å². The van der Waals surface area contributed by atoms with Crippen LogP contribution < -0.4 is 5.73 Å². The predicted molar refractivity (Wildman–Crippen MR) is 67.4 cm³/mol. The molecule has 2 atom stereocenters. The van der Waals surface area contributed by atoms with E-state index in [0.717, 1.165) is 13.0 Å². The molecule has 1 aliphatic carbocycles. The van der Waals surface area contributed by atoms with Gasteiger partial charge in [0.25, 0.3) is 0 Å². The minimum absolute atomic E-state index is 0.0345. The zero-order chi connectivity index (χ0) is 11.4. The molecular weight excluding hydrogens is 198 g/mol. The maximum absolute atomic E-state index is 6.50. The van der Waals surface area contributed by atoms with Crippen LogP contribution in [-0.2, 0) is 4.74 Å². The summed E-state index contributed by atoms with van der Waals surface area (Å²) in [6.07, 6.45) is 11.8. The van der Waals surface area contributed by atoms with Crippen molar-refractivity contribution in [1.29, 1.82) is 0 Å². The van der Waals surface area contributed by atoms with Crippen molar-refractivity contribution in [2.75, 3.05) is 6.61 Å². The van der Waals surface area contributed by atoms with Gasteiger partial charge in [-0.25, -0.2) is 0 Å². The number of hydrogen-bond acceptors (Lipinski definition) is 2. The Morgan fingerprint density at radius 2 is 1.75 bits per heavy atom. The first-order valence-electron chi connectivity index (χ1n) is 7.12. The van der Waals surface area contributed by atoms with Gasteiger partial charge < -0.3 is 10.5 Å². The molecule has 2 N–H and O–H groups in total. The lowest BCUT2D eigenvalue weighted by Gasteiger charge is -2.42. The second-order valence-corrected chi connectivity index (χ2v) is 5.90. The van der Waals surface area contributed by atoms with Gasteiger partial charge in [0, 0.05) is 12.6 Å². The summed E-state index contributed by atoms with van der Waals surface area (Å²) in [6, 6.07) is 0.255. The Bertz CT molecular complexity index is 203. The van der Waals surface area contributed by atoms with Crippen molar-refractivity contribution in [3.8, 4) is 0 Å². The van der Waals surface area contributed by atoms with E-state index in [9.17, 15) is 0 Å². The van der Waals surface area contributed by atoms with Crippen LogP contribution in [-0.4, -0.2) is 18.2 Å². The lowest BCUT2D eigenvalue weighted by Crippen LogP contribution is -2.53. The fourth-order valence-corrected chi connectivity index (χ4v) is 3.39. The Kier molecular flexibility index (Phi) is 4.26. The minimum atomic E-state index is -0.0345. The summed E-state index contributed by atoms with van der Waals surface area (Å²) >= 11 is 0. The van der Waals surface area contributed by atoms with Crippen LogP contribution in [0.25, 0.3) is 0 Å². The van der Waals surface area contributed by atoms with E-state index in [1.807, 2.05) is 0 Å². The van der Waals surface area contributed by atoms with Crippen molar-refractivity contribution in [3.63, 3.8) is 0 Å². The van der Waals surface area contributed by atoms with Crippen LogP contribution in [0.4, 0.5) is 0 Å². The normalized spacial score (nSPS) is 35.6. The molecule has 2 nitrogen and oxygen atoms in total. The maximum atomic E-state index is 6.50. The van der Waals surface area contributed by atoms with Gasteiger partial charge in [-0.2, -0.15) is 0 Å². The van der Waals surface area contributed by atoms with Crippen molar-refractivity contribution in [1.82, 2.24) is 0 Å². The van der Waals surface area contributed by atoms with E-state index in [1.54, 1.807) is 0 Å². The lowest BCUT2D eigenvalue weighted by molar-refractivity contribution is -0.0929. The van der Waals surface area contributed by atoms with E-state index < -0.39 is 0 Å². The highest BCUT2D eigenvalue weighted by atomic mass is 16.5. The zero-order valence-corrected chi connectivity index (χ0v) is 10.7. The summed E-state index contributed by atoms with van der Waals surface area (Å²) in [5.74, 6) is 0.700. The van der Waals surface area contributed by atoms with E-state index in [1.165, 1.54) is 51.4 Å². The first-order valence-corrected chi connectivity index (χ1v) is 7.12. The largest absolute Gasteiger partial charge is 0.374 e. The van der Waals surface area contributed by atoms with Crippen LogP contribution >= 0.6 is 0 Å². The first kappa shape index (κ1) is 12.4. The molecule has 0 amide bonds. The smallest absolute Gasteiger partial charge is 0.0807 e. The number of nitrogens with two attached hydrogens (primary N) is 1. The molecule has 0 bridgehead atoms. The highest BCUT2D eigenvalue weighted by Gasteiger charge is 2.38. The number of rotatable bonds is 2. The molecule has 0 aromatic heterocycles. The van der Waals surface area contributed by atoms with Crippen LogP contribution in [0.2, 0.25) is 0 Å². The third kappa shape index (κ3) is 2.78. The predicted octanol–water partition coefficient (Wildman–Crippen LogP) is 3.24. The second kappa shape index (κ2) is 5.50. The SMILES string of the molecule is CC1(C(N)C2CCCCCC2)CCCCO1. The molecule has 1 saturated heterocycles. The van der Waals surface area contributed by atoms with Gasteiger partial charge >= 0.3 is 0 Å². The average Bonchev–Trinajstić information content (AvgIpc) is 2.57. The maximum Gasteiger partial charge on any atom is 0.0807 e. The molecule has 1 heterocycles. The molecule has 1 saturated carbocycles. The molecule has 1 aliphatic heterocycles. The summed E-state index contributed by atoms with van der Waals surface area (Å²) in [7, 11) is 0. The molecule has 0 aromatic rings. The summed E-state index contributed by atoms with van der Waals surface area (Å²) in [5, 5.41) is 0. The molecule has 16 heavy (non-hydrogen) atoms. The minimum Gasteiger partial charge on any atom is -0.374 e. The van der Waals surface area contributed by atoms with Crippen molar-refractivity contribution < 1.29 is 4.74 Å². The van der Waals surface area contributed by atoms with Gasteiger partial charge in [-0.3, -0.25) is 0 Å². The quantitative estimate of drug-likeness (QED) is 0.732. The van der Waals surface area contributed by atoms with Crippen LogP contribution in [0, 0.1) is 5.92 Å². The molecule has 2 fully saturated rings. The van der Waals surface area contributed by atoms with Crippen LogP contribution in [0.5, 0.6) is 0 Å². The van der Waals surface area contributed by atoms with Crippen molar-refractivity contribution in [3.05, 3.63) is 0 Å². The Morgan fingerprint density at radius 1 is 1.06 bits per heavy atom. The van der Waals surface area contributed by atoms with Crippen molar-refractivity contribution in [2.24, 2.45) is 11.7 Å². The third-order valence-electron chi connectivity index (χ3n) is 4.61. The molecule has 2 unspecified atom stereocenters. The summed E-state index contributed by atoms with van der Waals surface area (Å²) < 4.78 is 6.00. The monoisotopic (exact) mass is 225 g/mol. The average molecular weight is 225 g/mol. The van der Waals surface area contributed by atoms with Crippen LogP contribution in [0.3, 0.4) is 0 Å². The van der Waals surface area contributed by atoms with E-state index in [2.05, 4.69) is 6.92 Å². The van der Waals surface area contributed by atoms with Crippen LogP contribution in [0.15, 0.2) is 0 Å². The molecule has 0 spiro atoms. The van der Waals surface area contributed by atoms with E-state index in [-0.39, 0.29) is 11.6 Å². The highest BCUT2D eigenvalue weighted by Crippen LogP contribution is 2.35.